The summed E-state index contributed by atoms with van der Waals surface area (Å²) in [4.78, 5) is 16.2. The van der Waals surface area contributed by atoms with Crippen molar-refractivity contribution in [2.75, 3.05) is 18.4 Å². The van der Waals surface area contributed by atoms with Crippen LogP contribution in [0.2, 0.25) is 0 Å². The summed E-state index contributed by atoms with van der Waals surface area (Å²) in [6.45, 7) is 4.44. The van der Waals surface area contributed by atoms with Crippen molar-refractivity contribution in [3.8, 4) is 11.1 Å². The van der Waals surface area contributed by atoms with Gasteiger partial charge >= 0.3 is 6.18 Å². The monoisotopic (exact) mass is 544 g/mol. The zero-order chi connectivity index (χ0) is 27.3. The van der Waals surface area contributed by atoms with Crippen molar-refractivity contribution in [2.45, 2.75) is 49.3 Å². The van der Waals surface area contributed by atoms with Crippen LogP contribution in [0, 0.1) is 0 Å². The summed E-state index contributed by atoms with van der Waals surface area (Å²) in [5, 5.41) is 6.05. The van der Waals surface area contributed by atoms with Gasteiger partial charge < -0.3 is 10.6 Å². The minimum atomic E-state index is -4.45. The van der Waals surface area contributed by atoms with Gasteiger partial charge in [-0.05, 0) is 79.8 Å². The first kappa shape index (κ1) is 26.2. The number of piperidine rings is 1. The van der Waals surface area contributed by atoms with Gasteiger partial charge in [-0.2, -0.15) is 17.5 Å². The highest BCUT2D eigenvalue weighted by atomic mass is 32.2. The minimum absolute atomic E-state index is 0.0986. The Kier molecular flexibility index (Phi) is 6.47. The van der Waals surface area contributed by atoms with Crippen LogP contribution in [-0.2, 0) is 21.7 Å². The van der Waals surface area contributed by atoms with Crippen molar-refractivity contribution in [2.24, 2.45) is 0 Å². The summed E-state index contributed by atoms with van der Waals surface area (Å²) in [5.74, 6) is 0.220. The molecule has 0 unspecified atom stereocenters. The number of nitrogens with zero attached hydrogens (tertiary/aromatic N) is 2. The Morgan fingerprint density at radius 3 is 2.26 bits per heavy atom. The van der Waals surface area contributed by atoms with Crippen LogP contribution in [0.4, 0.5) is 19.0 Å². The standard InChI is InChI=1S/C27H27F3N4O3S/c1-26(2)23-15-18(5-9-22(23)25(35)33-26)17-3-7-21(8-4-17)38(36,37)34-13-11-20(12-14-34)32-24-10-6-19(16-31-24)27(28,29)30/h3-10,15-16,20H,11-14H2,1-2H3,(H,31,32)(H,33,35). The molecule has 5 rings (SSSR count). The smallest absolute Gasteiger partial charge is 0.367 e. The third kappa shape index (κ3) is 5.00. The summed E-state index contributed by atoms with van der Waals surface area (Å²) < 4.78 is 66.1. The fourth-order valence-electron chi connectivity index (χ4n) is 4.92. The number of pyridine rings is 1. The molecule has 1 aromatic heterocycles. The van der Waals surface area contributed by atoms with E-state index in [1.165, 1.54) is 10.4 Å². The van der Waals surface area contributed by atoms with Crippen molar-refractivity contribution in [3.05, 3.63) is 77.5 Å². The molecular weight excluding hydrogens is 517 g/mol. The summed E-state index contributed by atoms with van der Waals surface area (Å²) in [6.07, 6.45) is -2.67. The van der Waals surface area contributed by atoms with Crippen molar-refractivity contribution in [1.82, 2.24) is 14.6 Å². The molecule has 3 heterocycles. The molecule has 3 aromatic rings. The van der Waals surface area contributed by atoms with Gasteiger partial charge in [-0.3, -0.25) is 4.79 Å². The van der Waals surface area contributed by atoms with Gasteiger partial charge in [-0.25, -0.2) is 13.4 Å². The van der Waals surface area contributed by atoms with Crippen LogP contribution in [0.3, 0.4) is 0 Å². The number of fused-ring (bicyclic) bond motifs is 1. The van der Waals surface area contributed by atoms with Gasteiger partial charge in [-0.1, -0.05) is 18.2 Å². The van der Waals surface area contributed by atoms with E-state index in [0.29, 0.717) is 24.2 Å². The normalized spacial score (nSPS) is 18.2. The molecular formula is C27H27F3N4O3S. The second kappa shape index (κ2) is 9.39. The van der Waals surface area contributed by atoms with Gasteiger partial charge in [0.25, 0.3) is 5.91 Å². The molecule has 2 N–H and O–H groups in total. The maximum Gasteiger partial charge on any atom is 0.417 e. The number of rotatable bonds is 5. The molecule has 0 aliphatic carbocycles. The lowest BCUT2D eigenvalue weighted by molar-refractivity contribution is -0.137. The quantitative estimate of drug-likeness (QED) is 0.471. The molecule has 0 radical (unpaired) electrons. The SMILES string of the molecule is CC1(C)NC(=O)c2ccc(-c3ccc(S(=O)(=O)N4CCC(Nc5ccc(C(F)(F)F)cn5)CC4)cc3)cc21. The number of sulfonamides is 1. The molecule has 2 aliphatic rings. The number of nitrogens with one attached hydrogen (secondary N) is 2. The van der Waals surface area contributed by atoms with Gasteiger partial charge in [0.15, 0.2) is 0 Å². The van der Waals surface area contributed by atoms with E-state index in [1.54, 1.807) is 30.3 Å². The zero-order valence-corrected chi connectivity index (χ0v) is 21.7. The molecule has 2 aromatic carbocycles. The highest BCUT2D eigenvalue weighted by Gasteiger charge is 2.35. The second-order valence-electron chi connectivity index (χ2n) is 10.1. The van der Waals surface area contributed by atoms with E-state index in [-0.39, 0.29) is 29.9 Å². The van der Waals surface area contributed by atoms with E-state index >= 15 is 0 Å². The molecule has 1 fully saturated rings. The van der Waals surface area contributed by atoms with E-state index in [1.807, 2.05) is 26.0 Å². The first-order valence-corrected chi connectivity index (χ1v) is 13.7. The highest BCUT2D eigenvalue weighted by molar-refractivity contribution is 7.89. The lowest BCUT2D eigenvalue weighted by Gasteiger charge is -2.32. The molecule has 0 spiro atoms. The molecule has 38 heavy (non-hydrogen) atoms. The van der Waals surface area contributed by atoms with Crippen LogP contribution >= 0.6 is 0 Å². The number of hydrogen-bond donors (Lipinski definition) is 2. The minimum Gasteiger partial charge on any atom is -0.367 e. The molecule has 0 bridgehead atoms. The van der Waals surface area contributed by atoms with Crippen molar-refractivity contribution < 1.29 is 26.4 Å². The molecule has 2 aliphatic heterocycles. The van der Waals surface area contributed by atoms with Crippen LogP contribution in [0.15, 0.2) is 65.7 Å². The van der Waals surface area contributed by atoms with Crippen LogP contribution in [0.1, 0.15) is 48.2 Å². The van der Waals surface area contributed by atoms with Crippen molar-refractivity contribution >= 4 is 21.7 Å². The predicted molar refractivity (Wildman–Crippen MR) is 137 cm³/mol. The maximum atomic E-state index is 13.2. The third-order valence-electron chi connectivity index (χ3n) is 7.09. The van der Waals surface area contributed by atoms with E-state index in [9.17, 15) is 26.4 Å². The maximum absolute atomic E-state index is 13.2. The molecule has 11 heteroatoms. The van der Waals surface area contributed by atoms with E-state index in [0.717, 1.165) is 29.0 Å². The van der Waals surface area contributed by atoms with Gasteiger partial charge in [0.1, 0.15) is 5.82 Å². The average molecular weight is 545 g/mol. The highest BCUT2D eigenvalue weighted by Crippen LogP contribution is 2.34. The van der Waals surface area contributed by atoms with Gasteiger partial charge in [0.05, 0.1) is 16.0 Å². The largest absolute Gasteiger partial charge is 0.417 e. The third-order valence-corrected chi connectivity index (χ3v) is 9.00. The number of halogens is 3. The number of hydrogen-bond acceptors (Lipinski definition) is 5. The summed E-state index contributed by atoms with van der Waals surface area (Å²) >= 11 is 0. The molecule has 7 nitrogen and oxygen atoms in total. The molecule has 0 atom stereocenters. The number of carbonyl (C=O) groups is 1. The Labute approximate surface area is 219 Å². The topological polar surface area (TPSA) is 91.4 Å². The summed E-state index contributed by atoms with van der Waals surface area (Å²) in [5.41, 5.74) is 1.98. The molecule has 1 saturated heterocycles. The van der Waals surface area contributed by atoms with Gasteiger partial charge in [-0.15, -0.1) is 0 Å². The second-order valence-corrected chi connectivity index (χ2v) is 12.1. The summed E-state index contributed by atoms with van der Waals surface area (Å²) in [7, 11) is -3.70. The average Bonchev–Trinajstić information content (AvgIpc) is 3.11. The van der Waals surface area contributed by atoms with Crippen molar-refractivity contribution in [3.63, 3.8) is 0 Å². The fourth-order valence-corrected chi connectivity index (χ4v) is 6.39. The van der Waals surface area contributed by atoms with Crippen LogP contribution in [0.5, 0.6) is 0 Å². The van der Waals surface area contributed by atoms with E-state index in [2.05, 4.69) is 15.6 Å². The fraction of sp³-hybridized carbons (Fsp3) is 0.333. The number of anilines is 1. The number of alkyl halides is 3. The number of amides is 1. The van der Waals surface area contributed by atoms with Crippen LogP contribution in [-0.4, -0.2) is 42.7 Å². The number of aromatic nitrogens is 1. The van der Waals surface area contributed by atoms with Gasteiger partial charge in [0, 0.05) is 30.9 Å². The Morgan fingerprint density at radius 2 is 1.66 bits per heavy atom. The van der Waals surface area contributed by atoms with Crippen molar-refractivity contribution in [1.29, 1.82) is 0 Å². The lowest BCUT2D eigenvalue weighted by atomic mass is 9.91. The van der Waals surface area contributed by atoms with Crippen LogP contribution < -0.4 is 10.6 Å². The zero-order valence-electron chi connectivity index (χ0n) is 20.8. The Bertz CT molecular complexity index is 1460. The lowest BCUT2D eigenvalue weighted by Crippen LogP contribution is -2.42. The van der Waals surface area contributed by atoms with E-state index < -0.39 is 27.3 Å². The predicted octanol–water partition coefficient (Wildman–Crippen LogP) is 5.01. The Balaban J connectivity index is 1.23. The molecule has 1 amide bonds. The first-order chi connectivity index (χ1) is 17.8. The first-order valence-electron chi connectivity index (χ1n) is 12.2. The van der Waals surface area contributed by atoms with Gasteiger partial charge in [0.2, 0.25) is 10.0 Å². The number of benzene rings is 2. The Hall–Kier alpha value is -3.44. The molecule has 0 saturated carbocycles. The van der Waals surface area contributed by atoms with E-state index in [4.69, 9.17) is 0 Å². The Morgan fingerprint density at radius 1 is 1.00 bits per heavy atom. The summed E-state index contributed by atoms with van der Waals surface area (Å²) in [6, 6.07) is 14.4. The van der Waals surface area contributed by atoms with Crippen LogP contribution in [0.25, 0.3) is 11.1 Å². The molecule has 200 valence electrons. The number of carbonyl (C=O) groups excluding carboxylic acids is 1.